The number of rotatable bonds is 4. The second kappa shape index (κ2) is 6.14. The van der Waals surface area contributed by atoms with Crippen molar-refractivity contribution in [2.24, 2.45) is 0 Å². The summed E-state index contributed by atoms with van der Waals surface area (Å²) in [6.07, 6.45) is 2.44. The lowest BCUT2D eigenvalue weighted by Gasteiger charge is -2.36. The fourth-order valence-electron chi connectivity index (χ4n) is 2.66. The van der Waals surface area contributed by atoms with Gasteiger partial charge in [0.1, 0.15) is 0 Å². The van der Waals surface area contributed by atoms with Crippen LogP contribution in [0.15, 0.2) is 0 Å². The molecule has 4 heteroatoms. The molecule has 100 valence electrons. The number of hydrogen-bond acceptors (Lipinski definition) is 4. The molecule has 0 aromatic rings. The molecule has 1 N–H and O–H groups in total. The second-order valence-corrected chi connectivity index (χ2v) is 5.79. The van der Waals surface area contributed by atoms with Gasteiger partial charge in [-0.25, -0.2) is 0 Å². The summed E-state index contributed by atoms with van der Waals surface area (Å²) in [5.74, 6) is 0. The fraction of sp³-hybridized carbons (Fsp3) is 1.00. The summed E-state index contributed by atoms with van der Waals surface area (Å²) in [7, 11) is 2.20. The average molecular weight is 241 g/mol. The molecular weight excluding hydrogens is 214 g/mol. The Bertz CT molecular complexity index is 221. The molecule has 0 amide bonds. The van der Waals surface area contributed by atoms with Crippen molar-refractivity contribution in [3.8, 4) is 0 Å². The SMILES string of the molecule is CN1CCN(CCNC2(C)CCCOC2)CC1. The molecule has 2 heterocycles. The van der Waals surface area contributed by atoms with Gasteiger partial charge in [0.15, 0.2) is 0 Å². The number of likely N-dealkylation sites (N-methyl/N-ethyl adjacent to an activating group) is 1. The van der Waals surface area contributed by atoms with Crippen LogP contribution in [0, 0.1) is 0 Å². The Balaban J connectivity index is 1.62. The third kappa shape index (κ3) is 4.21. The minimum atomic E-state index is 0.213. The van der Waals surface area contributed by atoms with Crippen molar-refractivity contribution in [3.05, 3.63) is 0 Å². The fourth-order valence-corrected chi connectivity index (χ4v) is 2.66. The maximum Gasteiger partial charge on any atom is 0.0645 e. The zero-order chi connectivity index (χ0) is 12.1. The largest absolute Gasteiger partial charge is 0.380 e. The van der Waals surface area contributed by atoms with Gasteiger partial charge < -0.3 is 15.0 Å². The molecular formula is C13H27N3O. The van der Waals surface area contributed by atoms with E-state index in [1.54, 1.807) is 0 Å². The van der Waals surface area contributed by atoms with Crippen LogP contribution in [0.4, 0.5) is 0 Å². The van der Waals surface area contributed by atoms with Crippen LogP contribution in [0.2, 0.25) is 0 Å². The molecule has 2 aliphatic heterocycles. The van der Waals surface area contributed by atoms with Crippen LogP contribution in [-0.4, -0.2) is 74.9 Å². The summed E-state index contributed by atoms with van der Waals surface area (Å²) >= 11 is 0. The zero-order valence-electron chi connectivity index (χ0n) is 11.4. The summed E-state index contributed by atoms with van der Waals surface area (Å²) in [6.45, 7) is 11.2. The van der Waals surface area contributed by atoms with Gasteiger partial charge in [-0.3, -0.25) is 4.90 Å². The van der Waals surface area contributed by atoms with Gasteiger partial charge in [-0.2, -0.15) is 0 Å². The first-order valence-corrected chi connectivity index (χ1v) is 6.92. The smallest absolute Gasteiger partial charge is 0.0645 e. The molecule has 2 saturated heterocycles. The first-order valence-electron chi connectivity index (χ1n) is 6.92. The number of hydrogen-bond donors (Lipinski definition) is 1. The molecule has 17 heavy (non-hydrogen) atoms. The minimum Gasteiger partial charge on any atom is -0.380 e. The van der Waals surface area contributed by atoms with E-state index < -0.39 is 0 Å². The normalized spacial score (nSPS) is 32.8. The van der Waals surface area contributed by atoms with Crippen LogP contribution in [0.1, 0.15) is 19.8 Å². The summed E-state index contributed by atoms with van der Waals surface area (Å²) in [5, 5.41) is 3.68. The van der Waals surface area contributed by atoms with Gasteiger partial charge in [0.05, 0.1) is 6.61 Å². The summed E-state index contributed by atoms with van der Waals surface area (Å²) in [6, 6.07) is 0. The minimum absolute atomic E-state index is 0.213. The van der Waals surface area contributed by atoms with Crippen molar-refractivity contribution in [1.29, 1.82) is 0 Å². The topological polar surface area (TPSA) is 27.7 Å². The molecule has 4 nitrogen and oxygen atoms in total. The summed E-state index contributed by atoms with van der Waals surface area (Å²) < 4.78 is 5.56. The van der Waals surface area contributed by atoms with Gasteiger partial charge >= 0.3 is 0 Å². The lowest BCUT2D eigenvalue weighted by Crippen LogP contribution is -2.52. The van der Waals surface area contributed by atoms with Gasteiger partial charge in [-0.1, -0.05) is 0 Å². The highest BCUT2D eigenvalue weighted by Crippen LogP contribution is 2.17. The Kier molecular flexibility index (Phi) is 4.79. The Morgan fingerprint density at radius 3 is 2.65 bits per heavy atom. The molecule has 2 rings (SSSR count). The van der Waals surface area contributed by atoms with Gasteiger partial charge in [0.25, 0.3) is 0 Å². The molecule has 0 bridgehead atoms. The number of piperazine rings is 1. The van der Waals surface area contributed by atoms with Crippen molar-refractivity contribution in [3.63, 3.8) is 0 Å². The Morgan fingerprint density at radius 1 is 1.24 bits per heavy atom. The lowest BCUT2D eigenvalue weighted by atomic mass is 9.95. The summed E-state index contributed by atoms with van der Waals surface area (Å²) in [5.41, 5.74) is 0.213. The number of nitrogens with zero attached hydrogens (tertiary/aromatic N) is 2. The van der Waals surface area contributed by atoms with Crippen molar-refractivity contribution in [2.45, 2.75) is 25.3 Å². The standard InChI is InChI=1S/C13H27N3O/c1-13(4-3-11-17-12-13)14-5-6-16-9-7-15(2)8-10-16/h14H,3-12H2,1-2H3. The maximum atomic E-state index is 5.56. The lowest BCUT2D eigenvalue weighted by molar-refractivity contribution is 0.0269. The predicted octanol–water partition coefficient (Wildman–Crippen LogP) is 0.393. The maximum absolute atomic E-state index is 5.56. The highest BCUT2D eigenvalue weighted by atomic mass is 16.5. The van der Waals surface area contributed by atoms with Crippen molar-refractivity contribution < 1.29 is 4.74 Å². The predicted molar refractivity (Wildman–Crippen MR) is 70.4 cm³/mol. The van der Waals surface area contributed by atoms with Crippen LogP contribution in [-0.2, 0) is 4.74 Å². The van der Waals surface area contributed by atoms with Gasteiger partial charge in [0, 0.05) is 51.4 Å². The third-order valence-electron chi connectivity index (χ3n) is 4.01. The summed E-state index contributed by atoms with van der Waals surface area (Å²) in [4.78, 5) is 4.96. The second-order valence-electron chi connectivity index (χ2n) is 5.79. The van der Waals surface area contributed by atoms with Crippen LogP contribution in [0.25, 0.3) is 0 Å². The molecule has 1 unspecified atom stereocenters. The Labute approximate surface area is 105 Å². The van der Waals surface area contributed by atoms with Crippen LogP contribution in [0.3, 0.4) is 0 Å². The monoisotopic (exact) mass is 241 g/mol. The van der Waals surface area contributed by atoms with E-state index in [4.69, 9.17) is 4.74 Å². The quantitative estimate of drug-likeness (QED) is 0.771. The van der Waals surface area contributed by atoms with E-state index >= 15 is 0 Å². The van der Waals surface area contributed by atoms with Crippen molar-refractivity contribution >= 4 is 0 Å². The average Bonchev–Trinajstić information content (AvgIpc) is 2.32. The molecule has 1 atom stereocenters. The number of ether oxygens (including phenoxy) is 1. The molecule has 0 aromatic carbocycles. The zero-order valence-corrected chi connectivity index (χ0v) is 11.4. The van der Waals surface area contributed by atoms with Gasteiger partial charge in [-0.15, -0.1) is 0 Å². The Hall–Kier alpha value is -0.160. The molecule has 0 spiro atoms. The van der Waals surface area contributed by atoms with Crippen LogP contribution in [0.5, 0.6) is 0 Å². The first kappa shape index (κ1) is 13.3. The van der Waals surface area contributed by atoms with Crippen molar-refractivity contribution in [1.82, 2.24) is 15.1 Å². The van der Waals surface area contributed by atoms with E-state index in [0.717, 1.165) is 19.8 Å². The van der Waals surface area contributed by atoms with Crippen LogP contribution < -0.4 is 5.32 Å². The highest BCUT2D eigenvalue weighted by molar-refractivity contribution is 4.85. The van der Waals surface area contributed by atoms with E-state index in [2.05, 4.69) is 29.1 Å². The van der Waals surface area contributed by atoms with Crippen LogP contribution >= 0.6 is 0 Å². The Morgan fingerprint density at radius 2 is 2.00 bits per heavy atom. The van der Waals surface area contributed by atoms with Gasteiger partial charge in [-0.05, 0) is 26.8 Å². The van der Waals surface area contributed by atoms with E-state index in [0.29, 0.717) is 0 Å². The third-order valence-corrected chi connectivity index (χ3v) is 4.01. The number of nitrogens with one attached hydrogen (secondary N) is 1. The van der Waals surface area contributed by atoms with Gasteiger partial charge in [0.2, 0.25) is 0 Å². The molecule has 2 aliphatic rings. The van der Waals surface area contributed by atoms with Crippen molar-refractivity contribution in [2.75, 3.05) is 59.5 Å². The van der Waals surface area contributed by atoms with E-state index in [-0.39, 0.29) is 5.54 Å². The molecule has 2 fully saturated rings. The van der Waals surface area contributed by atoms with E-state index in [9.17, 15) is 0 Å². The molecule has 0 aromatic heterocycles. The molecule has 0 radical (unpaired) electrons. The van der Waals surface area contributed by atoms with E-state index in [1.165, 1.54) is 45.6 Å². The molecule has 0 saturated carbocycles. The highest BCUT2D eigenvalue weighted by Gasteiger charge is 2.26. The van der Waals surface area contributed by atoms with E-state index in [1.807, 2.05) is 0 Å². The first-order chi connectivity index (χ1) is 8.18. The molecule has 0 aliphatic carbocycles.